The van der Waals surface area contributed by atoms with E-state index in [4.69, 9.17) is 4.98 Å². The molecule has 2 nitrogen and oxygen atoms in total. The van der Waals surface area contributed by atoms with Gasteiger partial charge in [-0.15, -0.1) is 0 Å². The zero-order valence-corrected chi connectivity index (χ0v) is 16.1. The molecular formula is C23H29N2+. The van der Waals surface area contributed by atoms with E-state index in [2.05, 4.69) is 75.8 Å². The van der Waals surface area contributed by atoms with E-state index < -0.39 is 0 Å². The minimum atomic E-state index is 0.0751. The highest BCUT2D eigenvalue weighted by molar-refractivity contribution is 5.69. The second-order valence-electron chi connectivity index (χ2n) is 9.47. The maximum absolute atomic E-state index is 4.93. The average molecular weight is 333 g/mol. The molecule has 0 radical (unpaired) electrons. The van der Waals surface area contributed by atoms with Gasteiger partial charge in [0, 0.05) is 34.3 Å². The standard InChI is InChI=1S/C23H29N2/c1-6-22-15(2)23(22,16-11-12-16)25-14-24-20(21(3,4)5)13-19(25)17-9-7-8-10-18(17)22/h7-10,13-16H,6,11-12H2,1-5H3/q+1. The molecule has 1 aliphatic heterocycles. The Labute approximate surface area is 151 Å². The molecular weight excluding hydrogens is 304 g/mol. The van der Waals surface area contributed by atoms with E-state index in [0.717, 1.165) is 5.92 Å². The van der Waals surface area contributed by atoms with Crippen LogP contribution in [0.4, 0.5) is 0 Å². The number of aromatic nitrogens is 2. The highest BCUT2D eigenvalue weighted by atomic mass is 15.2. The highest BCUT2D eigenvalue weighted by Crippen LogP contribution is 2.76. The number of rotatable bonds is 2. The Kier molecular flexibility index (Phi) is 2.81. The topological polar surface area (TPSA) is 16.8 Å². The van der Waals surface area contributed by atoms with Crippen LogP contribution in [0.5, 0.6) is 0 Å². The minimum Gasteiger partial charge on any atom is -0.223 e. The van der Waals surface area contributed by atoms with Crippen LogP contribution in [0, 0.1) is 11.8 Å². The lowest BCUT2D eigenvalue weighted by molar-refractivity contribution is -0.744. The van der Waals surface area contributed by atoms with Crippen molar-refractivity contribution in [3.63, 3.8) is 0 Å². The number of hydrogen-bond acceptors (Lipinski definition) is 1. The molecule has 0 N–H and O–H groups in total. The molecule has 1 aromatic heterocycles. The summed E-state index contributed by atoms with van der Waals surface area (Å²) in [7, 11) is 0. The number of hydrogen-bond donors (Lipinski definition) is 0. The molecule has 2 aliphatic carbocycles. The summed E-state index contributed by atoms with van der Waals surface area (Å²) in [5.74, 6) is 1.51. The van der Waals surface area contributed by atoms with Crippen molar-refractivity contribution >= 4 is 0 Å². The number of benzene rings is 1. The van der Waals surface area contributed by atoms with E-state index in [1.807, 2.05) is 0 Å². The van der Waals surface area contributed by atoms with Crippen LogP contribution < -0.4 is 4.57 Å². The molecule has 3 atom stereocenters. The molecule has 0 amide bonds. The molecule has 3 unspecified atom stereocenters. The molecule has 130 valence electrons. The first-order valence-corrected chi connectivity index (χ1v) is 9.91. The minimum absolute atomic E-state index is 0.0751. The summed E-state index contributed by atoms with van der Waals surface area (Å²) in [5.41, 5.74) is 6.22. The Hall–Kier alpha value is -1.70. The molecule has 5 rings (SSSR count). The first-order chi connectivity index (χ1) is 11.9. The largest absolute Gasteiger partial charge is 0.287 e. The van der Waals surface area contributed by atoms with E-state index in [9.17, 15) is 0 Å². The van der Waals surface area contributed by atoms with Crippen LogP contribution in [0.1, 0.15) is 65.1 Å². The van der Waals surface area contributed by atoms with E-state index in [-0.39, 0.29) is 11.0 Å². The van der Waals surface area contributed by atoms with Crippen LogP contribution >= 0.6 is 0 Å². The first-order valence-electron chi connectivity index (χ1n) is 9.91. The van der Waals surface area contributed by atoms with Gasteiger partial charge in [0.1, 0.15) is 11.2 Å². The van der Waals surface area contributed by atoms with E-state index in [0.29, 0.717) is 11.3 Å². The predicted octanol–water partition coefficient (Wildman–Crippen LogP) is 4.75. The molecule has 0 spiro atoms. The highest BCUT2D eigenvalue weighted by Gasteiger charge is 2.84. The third-order valence-electron chi connectivity index (χ3n) is 7.48. The molecule has 2 heterocycles. The van der Waals surface area contributed by atoms with Gasteiger partial charge in [-0.1, -0.05) is 63.9 Å². The van der Waals surface area contributed by atoms with Gasteiger partial charge in [-0.05, 0) is 24.8 Å². The Balaban J connectivity index is 1.84. The van der Waals surface area contributed by atoms with Gasteiger partial charge in [0.25, 0.3) is 6.33 Å². The summed E-state index contributed by atoms with van der Waals surface area (Å²) < 4.78 is 2.59. The fraction of sp³-hybridized carbons (Fsp3) is 0.565. The summed E-state index contributed by atoms with van der Waals surface area (Å²) >= 11 is 0. The van der Waals surface area contributed by atoms with E-state index in [1.54, 1.807) is 5.56 Å². The molecule has 2 fully saturated rings. The fourth-order valence-electron chi connectivity index (χ4n) is 6.26. The van der Waals surface area contributed by atoms with Crippen LogP contribution in [-0.4, -0.2) is 4.98 Å². The Bertz CT molecular complexity index is 874. The van der Waals surface area contributed by atoms with Crippen molar-refractivity contribution in [2.45, 2.75) is 70.3 Å². The van der Waals surface area contributed by atoms with Gasteiger partial charge in [-0.25, -0.2) is 4.57 Å². The summed E-state index contributed by atoms with van der Waals surface area (Å²) in [5, 5.41) is 0. The molecule has 0 saturated heterocycles. The lowest BCUT2D eigenvalue weighted by atomic mass is 9.78. The molecule has 1 aromatic carbocycles. The maximum Gasteiger partial charge on any atom is 0.287 e. The SMILES string of the molecule is CCC12c3ccccc3-c3cc(C(C)(C)C)nc[n+]3C1(C1CC1)C2C. The van der Waals surface area contributed by atoms with Crippen molar-refractivity contribution in [1.29, 1.82) is 0 Å². The molecule has 2 aromatic rings. The van der Waals surface area contributed by atoms with Gasteiger partial charge >= 0.3 is 0 Å². The van der Waals surface area contributed by atoms with Crippen molar-refractivity contribution in [1.82, 2.24) is 4.98 Å². The quantitative estimate of drug-likeness (QED) is 0.725. The third-order valence-corrected chi connectivity index (χ3v) is 7.48. The summed E-state index contributed by atoms with van der Waals surface area (Å²) in [6, 6.07) is 11.5. The van der Waals surface area contributed by atoms with Crippen molar-refractivity contribution in [2.75, 3.05) is 0 Å². The van der Waals surface area contributed by atoms with Crippen molar-refractivity contribution < 1.29 is 4.57 Å². The normalized spacial score (nSPS) is 32.6. The van der Waals surface area contributed by atoms with Gasteiger partial charge in [0.2, 0.25) is 0 Å². The molecule has 25 heavy (non-hydrogen) atoms. The van der Waals surface area contributed by atoms with Gasteiger partial charge in [-0.3, -0.25) is 0 Å². The second-order valence-corrected chi connectivity index (χ2v) is 9.47. The lowest BCUT2D eigenvalue weighted by Gasteiger charge is -2.32. The second kappa shape index (κ2) is 4.52. The summed E-state index contributed by atoms with van der Waals surface area (Å²) in [6.07, 6.45) is 6.15. The van der Waals surface area contributed by atoms with Crippen molar-refractivity contribution in [2.24, 2.45) is 11.8 Å². The van der Waals surface area contributed by atoms with E-state index in [1.165, 1.54) is 36.2 Å². The molecule has 2 heteroatoms. The van der Waals surface area contributed by atoms with Crippen molar-refractivity contribution in [3.8, 4) is 11.3 Å². The zero-order valence-electron chi connectivity index (χ0n) is 16.1. The summed E-state index contributed by atoms with van der Waals surface area (Å²) in [4.78, 5) is 4.93. The van der Waals surface area contributed by atoms with Crippen LogP contribution in [0.2, 0.25) is 0 Å². The Morgan fingerprint density at radius 3 is 2.56 bits per heavy atom. The number of fused-ring (bicyclic) bond motifs is 6. The Morgan fingerprint density at radius 1 is 1.20 bits per heavy atom. The van der Waals surface area contributed by atoms with Gasteiger partial charge in [0.15, 0.2) is 5.69 Å². The van der Waals surface area contributed by atoms with Crippen LogP contribution in [0.25, 0.3) is 11.3 Å². The first kappa shape index (κ1) is 15.5. The smallest absolute Gasteiger partial charge is 0.223 e. The number of nitrogens with zero attached hydrogens (tertiary/aromatic N) is 2. The monoisotopic (exact) mass is 333 g/mol. The zero-order chi connectivity index (χ0) is 17.6. The fourth-order valence-corrected chi connectivity index (χ4v) is 6.26. The molecule has 2 saturated carbocycles. The average Bonchev–Trinajstić information content (AvgIpc) is 3.50. The van der Waals surface area contributed by atoms with Crippen LogP contribution in [0.15, 0.2) is 36.7 Å². The maximum atomic E-state index is 4.93. The predicted molar refractivity (Wildman–Crippen MR) is 100 cm³/mol. The molecule has 0 bridgehead atoms. The van der Waals surface area contributed by atoms with Crippen molar-refractivity contribution in [3.05, 3.63) is 47.9 Å². The summed E-state index contributed by atoms with van der Waals surface area (Å²) in [6.45, 7) is 11.6. The van der Waals surface area contributed by atoms with Gasteiger partial charge < -0.3 is 0 Å². The lowest BCUT2D eigenvalue weighted by Crippen LogP contribution is -2.57. The third kappa shape index (κ3) is 1.62. The van der Waals surface area contributed by atoms with Crippen LogP contribution in [-0.2, 0) is 16.4 Å². The molecule has 3 aliphatic rings. The van der Waals surface area contributed by atoms with Gasteiger partial charge in [0.05, 0.1) is 0 Å². The van der Waals surface area contributed by atoms with Gasteiger partial charge in [-0.2, -0.15) is 0 Å². The van der Waals surface area contributed by atoms with Crippen LogP contribution in [0.3, 0.4) is 0 Å². The van der Waals surface area contributed by atoms with E-state index >= 15 is 0 Å². The Morgan fingerprint density at radius 2 is 1.92 bits per heavy atom.